The van der Waals surface area contributed by atoms with Crippen LogP contribution in [0.15, 0.2) is 39.8 Å². The fourth-order valence-corrected chi connectivity index (χ4v) is 4.76. The smallest absolute Gasteiger partial charge is 0.243 e. The lowest BCUT2D eigenvalue weighted by molar-refractivity contribution is -0.114. The summed E-state index contributed by atoms with van der Waals surface area (Å²) in [5.74, 6) is 0.608. The topological polar surface area (TPSA) is 92.5 Å². The molecule has 3 rings (SSSR count). The zero-order valence-corrected chi connectivity index (χ0v) is 15.9. The highest BCUT2D eigenvalue weighted by Crippen LogP contribution is 2.37. The number of amides is 1. The second kappa shape index (κ2) is 7.20. The second-order valence-corrected chi connectivity index (χ2v) is 8.68. The molecule has 2 aromatic rings. The summed E-state index contributed by atoms with van der Waals surface area (Å²) >= 11 is 0. The van der Waals surface area contributed by atoms with Crippen molar-refractivity contribution in [3.63, 3.8) is 0 Å². The van der Waals surface area contributed by atoms with E-state index in [1.165, 1.54) is 23.4 Å². The highest BCUT2D eigenvalue weighted by atomic mass is 32.2. The first kappa shape index (κ1) is 18.6. The SMILES string of the molecule is CC(=O)Nc1ccc(S(=O)(=O)N2CCCC2c2cc(C(C)C)no2)cc1. The molecule has 1 aliphatic heterocycles. The average Bonchev–Trinajstić information content (AvgIpc) is 3.24. The van der Waals surface area contributed by atoms with Gasteiger partial charge >= 0.3 is 0 Å². The zero-order chi connectivity index (χ0) is 18.9. The molecule has 140 valence electrons. The predicted octanol–water partition coefficient (Wildman–Crippen LogP) is 3.28. The van der Waals surface area contributed by atoms with Gasteiger partial charge in [0.15, 0.2) is 5.76 Å². The Morgan fingerprint density at radius 2 is 2.00 bits per heavy atom. The quantitative estimate of drug-likeness (QED) is 0.863. The molecule has 1 unspecified atom stereocenters. The van der Waals surface area contributed by atoms with E-state index in [1.54, 1.807) is 12.1 Å². The molecule has 1 amide bonds. The molecule has 8 heteroatoms. The van der Waals surface area contributed by atoms with Gasteiger partial charge in [0, 0.05) is 25.2 Å². The summed E-state index contributed by atoms with van der Waals surface area (Å²) in [7, 11) is -3.66. The molecule has 7 nitrogen and oxygen atoms in total. The van der Waals surface area contributed by atoms with E-state index >= 15 is 0 Å². The molecule has 0 radical (unpaired) electrons. The summed E-state index contributed by atoms with van der Waals surface area (Å²) in [5.41, 5.74) is 1.38. The number of nitrogens with zero attached hydrogens (tertiary/aromatic N) is 2. The van der Waals surface area contributed by atoms with Gasteiger partial charge in [-0.3, -0.25) is 4.79 Å². The van der Waals surface area contributed by atoms with Crippen LogP contribution in [0.2, 0.25) is 0 Å². The largest absolute Gasteiger partial charge is 0.359 e. The summed E-state index contributed by atoms with van der Waals surface area (Å²) in [5, 5.41) is 6.68. The van der Waals surface area contributed by atoms with Gasteiger partial charge < -0.3 is 9.84 Å². The highest BCUT2D eigenvalue weighted by Gasteiger charge is 2.38. The van der Waals surface area contributed by atoms with E-state index in [9.17, 15) is 13.2 Å². The van der Waals surface area contributed by atoms with Crippen LogP contribution >= 0.6 is 0 Å². The lowest BCUT2D eigenvalue weighted by Gasteiger charge is -2.22. The molecular formula is C18H23N3O4S. The molecule has 1 atom stereocenters. The molecule has 0 spiro atoms. The minimum Gasteiger partial charge on any atom is -0.359 e. The summed E-state index contributed by atoms with van der Waals surface area (Å²) in [6.45, 7) is 5.88. The normalized spacial score (nSPS) is 18.4. The van der Waals surface area contributed by atoms with Gasteiger partial charge in [0.2, 0.25) is 15.9 Å². The molecule has 0 bridgehead atoms. The maximum Gasteiger partial charge on any atom is 0.243 e. The van der Waals surface area contributed by atoms with Gasteiger partial charge in [-0.2, -0.15) is 4.31 Å². The van der Waals surface area contributed by atoms with Crippen LogP contribution in [0.3, 0.4) is 0 Å². The molecule has 1 fully saturated rings. The molecule has 1 aromatic carbocycles. The Morgan fingerprint density at radius 1 is 1.31 bits per heavy atom. The van der Waals surface area contributed by atoms with Crippen molar-refractivity contribution in [3.05, 3.63) is 41.8 Å². The first-order valence-corrected chi connectivity index (χ1v) is 10.1. The Balaban J connectivity index is 1.86. The van der Waals surface area contributed by atoms with E-state index in [-0.39, 0.29) is 22.8 Å². The Morgan fingerprint density at radius 3 is 2.58 bits per heavy atom. The van der Waals surface area contributed by atoms with E-state index in [2.05, 4.69) is 10.5 Å². The first-order chi connectivity index (χ1) is 12.3. The minimum absolute atomic E-state index is 0.196. The number of aromatic nitrogens is 1. The van der Waals surface area contributed by atoms with Gasteiger partial charge in [-0.05, 0) is 43.0 Å². The Kier molecular flexibility index (Phi) is 5.15. The van der Waals surface area contributed by atoms with Crippen molar-refractivity contribution in [1.29, 1.82) is 0 Å². The van der Waals surface area contributed by atoms with Crippen molar-refractivity contribution in [3.8, 4) is 0 Å². The number of benzene rings is 1. The Hall–Kier alpha value is -2.19. The zero-order valence-electron chi connectivity index (χ0n) is 15.1. The van der Waals surface area contributed by atoms with Gasteiger partial charge in [0.1, 0.15) is 0 Å². The number of sulfonamides is 1. The van der Waals surface area contributed by atoms with E-state index in [0.717, 1.165) is 12.1 Å². The van der Waals surface area contributed by atoms with Gasteiger partial charge in [0.05, 0.1) is 16.6 Å². The van der Waals surface area contributed by atoms with Crippen molar-refractivity contribution >= 4 is 21.6 Å². The number of nitrogens with one attached hydrogen (secondary N) is 1. The summed E-state index contributed by atoms with van der Waals surface area (Å²) < 4.78 is 33.0. The van der Waals surface area contributed by atoms with Crippen LogP contribution in [0, 0.1) is 0 Å². The lowest BCUT2D eigenvalue weighted by Crippen LogP contribution is -2.30. The fourth-order valence-electron chi connectivity index (χ4n) is 3.09. The maximum atomic E-state index is 13.1. The average molecular weight is 377 g/mol. The summed E-state index contributed by atoms with van der Waals surface area (Å²) in [4.78, 5) is 11.3. The molecule has 1 saturated heterocycles. The third-order valence-corrected chi connectivity index (χ3v) is 6.37. The number of hydrogen-bond donors (Lipinski definition) is 1. The third-order valence-electron chi connectivity index (χ3n) is 4.45. The first-order valence-electron chi connectivity index (χ1n) is 8.65. The number of carbonyl (C=O) groups is 1. The van der Waals surface area contributed by atoms with Crippen molar-refractivity contribution in [2.45, 2.75) is 50.5 Å². The number of rotatable bonds is 5. The van der Waals surface area contributed by atoms with Crippen LogP contribution in [0.1, 0.15) is 57.0 Å². The van der Waals surface area contributed by atoms with Crippen LogP contribution in [-0.2, 0) is 14.8 Å². The van der Waals surface area contributed by atoms with Crippen LogP contribution in [0.4, 0.5) is 5.69 Å². The molecule has 2 heterocycles. The van der Waals surface area contributed by atoms with Gasteiger partial charge in [-0.15, -0.1) is 0 Å². The molecule has 26 heavy (non-hydrogen) atoms. The van der Waals surface area contributed by atoms with E-state index in [4.69, 9.17) is 4.52 Å². The molecule has 1 aliphatic rings. The lowest BCUT2D eigenvalue weighted by atomic mass is 10.1. The van der Waals surface area contributed by atoms with Gasteiger partial charge in [-0.25, -0.2) is 8.42 Å². The van der Waals surface area contributed by atoms with E-state index in [1.807, 2.05) is 19.9 Å². The molecular weight excluding hydrogens is 354 g/mol. The molecule has 1 N–H and O–H groups in total. The van der Waals surface area contributed by atoms with E-state index in [0.29, 0.717) is 24.4 Å². The number of carbonyl (C=O) groups excluding carboxylic acids is 1. The minimum atomic E-state index is -3.66. The van der Waals surface area contributed by atoms with Crippen molar-refractivity contribution in [2.75, 3.05) is 11.9 Å². The van der Waals surface area contributed by atoms with E-state index < -0.39 is 10.0 Å². The molecule has 0 aliphatic carbocycles. The van der Waals surface area contributed by atoms with Crippen molar-refractivity contribution in [2.24, 2.45) is 0 Å². The van der Waals surface area contributed by atoms with Gasteiger partial charge in [0.25, 0.3) is 0 Å². The third kappa shape index (κ3) is 3.66. The van der Waals surface area contributed by atoms with Crippen LogP contribution < -0.4 is 5.32 Å². The molecule has 1 aromatic heterocycles. The van der Waals surface area contributed by atoms with Crippen LogP contribution in [-0.4, -0.2) is 30.3 Å². The van der Waals surface area contributed by atoms with Crippen LogP contribution in [0.25, 0.3) is 0 Å². The van der Waals surface area contributed by atoms with Crippen molar-refractivity contribution < 1.29 is 17.7 Å². The second-order valence-electron chi connectivity index (χ2n) is 6.79. The fraction of sp³-hybridized carbons (Fsp3) is 0.444. The Labute approximate surface area is 153 Å². The van der Waals surface area contributed by atoms with Gasteiger partial charge in [-0.1, -0.05) is 19.0 Å². The standard InChI is InChI=1S/C18H23N3O4S/c1-12(2)16-11-18(25-20-16)17-5-4-10-21(17)26(23,24)15-8-6-14(7-9-15)19-13(3)22/h6-9,11-12,17H,4-5,10H2,1-3H3,(H,19,22). The maximum absolute atomic E-state index is 13.1. The monoisotopic (exact) mass is 377 g/mol. The summed E-state index contributed by atoms with van der Waals surface area (Å²) in [6, 6.07) is 7.71. The van der Waals surface area contributed by atoms with Crippen LogP contribution in [0.5, 0.6) is 0 Å². The van der Waals surface area contributed by atoms with Crippen molar-refractivity contribution in [1.82, 2.24) is 9.46 Å². The predicted molar refractivity (Wildman–Crippen MR) is 97.2 cm³/mol. The molecule has 0 saturated carbocycles. The Bertz CT molecular complexity index is 887. The highest BCUT2D eigenvalue weighted by molar-refractivity contribution is 7.89. The number of hydrogen-bond acceptors (Lipinski definition) is 5. The summed E-state index contributed by atoms with van der Waals surface area (Å²) in [6.07, 6.45) is 1.47. The number of anilines is 1.